The first-order valence-corrected chi connectivity index (χ1v) is 5.01. The van der Waals surface area contributed by atoms with Crippen molar-refractivity contribution >= 4 is 5.82 Å². The lowest BCUT2D eigenvalue weighted by Gasteiger charge is -2.14. The maximum absolute atomic E-state index is 5.28. The van der Waals surface area contributed by atoms with E-state index >= 15 is 0 Å². The summed E-state index contributed by atoms with van der Waals surface area (Å²) in [7, 11) is 1.60. The standard InChI is InChI=1S/C12H16N2O/c1-4-7-10(5-2)13-11-8-6-9-12(14-11)15-3/h1,6,8-10H,5,7H2,2-3H3,(H,13,14). The summed E-state index contributed by atoms with van der Waals surface area (Å²) in [6.07, 6.45) is 6.96. The van der Waals surface area contributed by atoms with Crippen LogP contribution in [0.1, 0.15) is 19.8 Å². The molecule has 1 N–H and O–H groups in total. The van der Waals surface area contributed by atoms with Crippen molar-refractivity contribution in [1.29, 1.82) is 0 Å². The van der Waals surface area contributed by atoms with Gasteiger partial charge in [0.2, 0.25) is 5.88 Å². The molecule has 3 nitrogen and oxygen atoms in total. The summed E-state index contributed by atoms with van der Waals surface area (Å²) in [4.78, 5) is 4.26. The highest BCUT2D eigenvalue weighted by Crippen LogP contribution is 2.13. The smallest absolute Gasteiger partial charge is 0.214 e. The van der Waals surface area contributed by atoms with Gasteiger partial charge < -0.3 is 10.1 Å². The molecule has 1 atom stereocenters. The quantitative estimate of drug-likeness (QED) is 0.747. The fourth-order valence-electron chi connectivity index (χ4n) is 1.26. The van der Waals surface area contributed by atoms with Gasteiger partial charge in [0.1, 0.15) is 5.82 Å². The van der Waals surface area contributed by atoms with Crippen molar-refractivity contribution in [3.8, 4) is 18.2 Å². The van der Waals surface area contributed by atoms with Crippen LogP contribution in [0.25, 0.3) is 0 Å². The highest BCUT2D eigenvalue weighted by Gasteiger charge is 2.05. The lowest BCUT2D eigenvalue weighted by molar-refractivity contribution is 0.398. The molecule has 0 amide bonds. The Balaban J connectivity index is 2.66. The summed E-state index contributed by atoms with van der Waals surface area (Å²) in [5.74, 6) is 4.06. The summed E-state index contributed by atoms with van der Waals surface area (Å²) in [5, 5.41) is 3.27. The maximum atomic E-state index is 5.28. The van der Waals surface area contributed by atoms with E-state index in [0.717, 1.165) is 12.2 Å². The van der Waals surface area contributed by atoms with Crippen molar-refractivity contribution in [3.63, 3.8) is 0 Å². The first kappa shape index (κ1) is 11.4. The predicted molar refractivity (Wildman–Crippen MR) is 61.9 cm³/mol. The minimum Gasteiger partial charge on any atom is -0.481 e. The van der Waals surface area contributed by atoms with Gasteiger partial charge in [-0.25, -0.2) is 0 Å². The molecule has 0 aliphatic carbocycles. The Morgan fingerprint density at radius 3 is 3.00 bits per heavy atom. The molecule has 0 saturated carbocycles. The zero-order chi connectivity index (χ0) is 11.1. The molecule has 0 spiro atoms. The van der Waals surface area contributed by atoms with Crippen molar-refractivity contribution in [1.82, 2.24) is 4.98 Å². The zero-order valence-corrected chi connectivity index (χ0v) is 9.16. The molecular weight excluding hydrogens is 188 g/mol. The second-order valence-corrected chi connectivity index (χ2v) is 3.22. The van der Waals surface area contributed by atoms with E-state index in [4.69, 9.17) is 11.2 Å². The molecule has 1 unspecified atom stereocenters. The van der Waals surface area contributed by atoms with Crippen LogP contribution in [0.4, 0.5) is 5.82 Å². The molecule has 0 aliphatic heterocycles. The first-order chi connectivity index (χ1) is 7.30. The van der Waals surface area contributed by atoms with Crippen LogP contribution in [-0.4, -0.2) is 18.1 Å². The van der Waals surface area contributed by atoms with Gasteiger partial charge in [-0.05, 0) is 12.5 Å². The number of hydrogen-bond acceptors (Lipinski definition) is 3. The molecule has 80 valence electrons. The normalized spacial score (nSPS) is 11.5. The summed E-state index contributed by atoms with van der Waals surface area (Å²) in [6, 6.07) is 5.89. The van der Waals surface area contributed by atoms with Crippen LogP contribution >= 0.6 is 0 Å². The third-order valence-electron chi connectivity index (χ3n) is 2.14. The van der Waals surface area contributed by atoms with Crippen LogP contribution < -0.4 is 10.1 Å². The number of aromatic nitrogens is 1. The Kier molecular flexibility index (Phi) is 4.49. The number of rotatable bonds is 5. The van der Waals surface area contributed by atoms with Gasteiger partial charge in [0, 0.05) is 18.5 Å². The maximum Gasteiger partial charge on any atom is 0.214 e. The highest BCUT2D eigenvalue weighted by atomic mass is 16.5. The third kappa shape index (κ3) is 3.51. The Morgan fingerprint density at radius 2 is 2.40 bits per heavy atom. The summed E-state index contributed by atoms with van der Waals surface area (Å²) < 4.78 is 5.04. The molecule has 0 saturated heterocycles. The molecule has 0 radical (unpaired) electrons. The number of anilines is 1. The molecule has 0 fully saturated rings. The van der Waals surface area contributed by atoms with Crippen LogP contribution in [0.3, 0.4) is 0 Å². The topological polar surface area (TPSA) is 34.1 Å². The van der Waals surface area contributed by atoms with Gasteiger partial charge in [0.05, 0.1) is 7.11 Å². The van der Waals surface area contributed by atoms with Crippen LogP contribution in [-0.2, 0) is 0 Å². The highest BCUT2D eigenvalue weighted by molar-refractivity contribution is 5.38. The van der Waals surface area contributed by atoms with E-state index < -0.39 is 0 Å². The van der Waals surface area contributed by atoms with Crippen LogP contribution in [0.2, 0.25) is 0 Å². The molecule has 15 heavy (non-hydrogen) atoms. The minimum atomic E-state index is 0.273. The first-order valence-electron chi connectivity index (χ1n) is 5.01. The van der Waals surface area contributed by atoms with Gasteiger partial charge in [-0.3, -0.25) is 0 Å². The summed E-state index contributed by atoms with van der Waals surface area (Å²) >= 11 is 0. The van der Waals surface area contributed by atoms with Crippen LogP contribution in [0.15, 0.2) is 18.2 Å². The van der Waals surface area contributed by atoms with Crippen LogP contribution in [0.5, 0.6) is 5.88 Å². The van der Waals surface area contributed by atoms with E-state index in [1.54, 1.807) is 7.11 Å². The Labute approximate surface area is 90.9 Å². The van der Waals surface area contributed by atoms with E-state index in [9.17, 15) is 0 Å². The fourth-order valence-corrected chi connectivity index (χ4v) is 1.26. The van der Waals surface area contributed by atoms with Crippen molar-refractivity contribution < 1.29 is 4.74 Å². The van der Waals surface area contributed by atoms with Crippen molar-refractivity contribution in [3.05, 3.63) is 18.2 Å². The number of methoxy groups -OCH3 is 1. The largest absolute Gasteiger partial charge is 0.481 e. The number of hydrogen-bond donors (Lipinski definition) is 1. The molecular formula is C12H16N2O. The average Bonchev–Trinajstić information content (AvgIpc) is 2.29. The second kappa shape index (κ2) is 5.92. The number of nitrogens with zero attached hydrogens (tertiary/aromatic N) is 1. The number of ether oxygens (including phenoxy) is 1. The SMILES string of the molecule is C#CCC(CC)Nc1cccc(OC)n1. The molecule has 0 bridgehead atoms. The van der Waals surface area contributed by atoms with E-state index in [1.807, 2.05) is 18.2 Å². The lowest BCUT2D eigenvalue weighted by atomic mass is 10.1. The zero-order valence-electron chi connectivity index (χ0n) is 9.16. The Hall–Kier alpha value is -1.69. The van der Waals surface area contributed by atoms with Gasteiger partial charge >= 0.3 is 0 Å². The second-order valence-electron chi connectivity index (χ2n) is 3.22. The molecule has 1 heterocycles. The number of nitrogens with one attached hydrogen (secondary N) is 1. The third-order valence-corrected chi connectivity index (χ3v) is 2.14. The monoisotopic (exact) mass is 204 g/mol. The molecule has 0 aromatic carbocycles. The Morgan fingerprint density at radius 1 is 1.60 bits per heavy atom. The number of pyridine rings is 1. The van der Waals surface area contributed by atoms with E-state index in [-0.39, 0.29) is 6.04 Å². The van der Waals surface area contributed by atoms with Crippen LogP contribution in [0, 0.1) is 12.3 Å². The number of terminal acetylenes is 1. The van der Waals surface area contributed by atoms with Gasteiger partial charge in [0.15, 0.2) is 0 Å². The minimum absolute atomic E-state index is 0.273. The average molecular weight is 204 g/mol. The molecule has 0 aliphatic rings. The van der Waals surface area contributed by atoms with E-state index in [0.29, 0.717) is 12.3 Å². The molecule has 1 aromatic heterocycles. The lowest BCUT2D eigenvalue weighted by Crippen LogP contribution is -2.18. The summed E-state index contributed by atoms with van der Waals surface area (Å²) in [5.41, 5.74) is 0. The fraction of sp³-hybridized carbons (Fsp3) is 0.417. The molecule has 3 heteroatoms. The van der Waals surface area contributed by atoms with Gasteiger partial charge in [-0.15, -0.1) is 12.3 Å². The van der Waals surface area contributed by atoms with Gasteiger partial charge in [-0.1, -0.05) is 13.0 Å². The van der Waals surface area contributed by atoms with Crippen molar-refractivity contribution in [2.45, 2.75) is 25.8 Å². The predicted octanol–water partition coefficient (Wildman–Crippen LogP) is 2.30. The van der Waals surface area contributed by atoms with Crippen molar-refractivity contribution in [2.75, 3.05) is 12.4 Å². The van der Waals surface area contributed by atoms with E-state index in [1.165, 1.54) is 0 Å². The Bertz CT molecular complexity index is 344. The van der Waals surface area contributed by atoms with Gasteiger partial charge in [0.25, 0.3) is 0 Å². The van der Waals surface area contributed by atoms with Crippen molar-refractivity contribution in [2.24, 2.45) is 0 Å². The van der Waals surface area contributed by atoms with E-state index in [2.05, 4.69) is 23.1 Å². The summed E-state index contributed by atoms with van der Waals surface area (Å²) in [6.45, 7) is 2.09. The molecule has 1 aromatic rings. The van der Waals surface area contributed by atoms with Gasteiger partial charge in [-0.2, -0.15) is 4.98 Å². The molecule has 1 rings (SSSR count).